The standard InChI is InChI=1S/C16H27N3/c1-5-15(17-4)16-9-8-14(10-18-16)19(11-12(2)3)13-6-7-13/h8-10,12-13,15,17H,5-7,11H2,1-4H3. The minimum absolute atomic E-state index is 0.369. The van der Waals surface area contributed by atoms with Gasteiger partial charge in [-0.05, 0) is 44.4 Å². The van der Waals surface area contributed by atoms with Crippen LogP contribution in [0.3, 0.4) is 0 Å². The van der Waals surface area contributed by atoms with Gasteiger partial charge in [-0.3, -0.25) is 4.98 Å². The Balaban J connectivity index is 2.11. The zero-order chi connectivity index (χ0) is 13.8. The second-order valence-electron chi connectivity index (χ2n) is 5.97. The summed E-state index contributed by atoms with van der Waals surface area (Å²) in [6.45, 7) is 7.89. The van der Waals surface area contributed by atoms with Gasteiger partial charge < -0.3 is 10.2 Å². The molecule has 1 aromatic rings. The van der Waals surface area contributed by atoms with E-state index < -0.39 is 0 Å². The summed E-state index contributed by atoms with van der Waals surface area (Å²) in [7, 11) is 2.00. The van der Waals surface area contributed by atoms with Gasteiger partial charge in [0.2, 0.25) is 0 Å². The maximum atomic E-state index is 4.65. The Kier molecular flexibility index (Phi) is 4.81. The second-order valence-corrected chi connectivity index (χ2v) is 5.97. The first-order chi connectivity index (χ1) is 9.15. The van der Waals surface area contributed by atoms with Crippen LogP contribution in [0.1, 0.15) is 51.8 Å². The minimum Gasteiger partial charge on any atom is -0.367 e. The van der Waals surface area contributed by atoms with Crippen molar-refractivity contribution in [3.8, 4) is 0 Å². The fourth-order valence-corrected chi connectivity index (χ4v) is 2.58. The molecule has 0 radical (unpaired) electrons. The quantitative estimate of drug-likeness (QED) is 0.815. The van der Waals surface area contributed by atoms with Crippen LogP contribution in [0.5, 0.6) is 0 Å². The fraction of sp³-hybridized carbons (Fsp3) is 0.688. The van der Waals surface area contributed by atoms with Gasteiger partial charge in [-0.15, -0.1) is 0 Å². The summed E-state index contributed by atoms with van der Waals surface area (Å²) in [5.41, 5.74) is 2.43. The molecule has 19 heavy (non-hydrogen) atoms. The molecule has 0 aromatic carbocycles. The predicted octanol–water partition coefficient (Wildman–Crippen LogP) is 3.38. The number of hydrogen-bond acceptors (Lipinski definition) is 3. The second kappa shape index (κ2) is 6.38. The van der Waals surface area contributed by atoms with E-state index in [1.54, 1.807) is 0 Å². The Morgan fingerprint density at radius 1 is 1.37 bits per heavy atom. The topological polar surface area (TPSA) is 28.2 Å². The number of anilines is 1. The summed E-state index contributed by atoms with van der Waals surface area (Å²) in [6, 6.07) is 5.54. The molecule has 1 atom stereocenters. The van der Waals surface area contributed by atoms with Crippen molar-refractivity contribution in [1.82, 2.24) is 10.3 Å². The zero-order valence-electron chi connectivity index (χ0n) is 12.7. The summed E-state index contributed by atoms with van der Waals surface area (Å²) in [4.78, 5) is 7.18. The first kappa shape index (κ1) is 14.3. The Morgan fingerprint density at radius 2 is 2.11 bits per heavy atom. The Labute approximate surface area is 117 Å². The van der Waals surface area contributed by atoms with E-state index in [9.17, 15) is 0 Å². The van der Waals surface area contributed by atoms with Crippen LogP contribution in [0, 0.1) is 5.92 Å². The van der Waals surface area contributed by atoms with Gasteiger partial charge in [0.05, 0.1) is 17.6 Å². The average molecular weight is 261 g/mol. The molecule has 1 unspecified atom stereocenters. The van der Waals surface area contributed by atoms with Crippen LogP contribution in [-0.4, -0.2) is 24.6 Å². The molecule has 1 N–H and O–H groups in total. The summed E-state index contributed by atoms with van der Waals surface area (Å²) in [5, 5.41) is 3.31. The maximum Gasteiger partial charge on any atom is 0.0574 e. The monoisotopic (exact) mass is 261 g/mol. The van der Waals surface area contributed by atoms with Gasteiger partial charge in [0.15, 0.2) is 0 Å². The van der Waals surface area contributed by atoms with Crippen molar-refractivity contribution in [2.45, 2.75) is 52.1 Å². The van der Waals surface area contributed by atoms with E-state index >= 15 is 0 Å². The molecule has 0 saturated heterocycles. The van der Waals surface area contributed by atoms with Crippen molar-refractivity contribution in [1.29, 1.82) is 0 Å². The lowest BCUT2D eigenvalue weighted by molar-refractivity contribution is 0.560. The molecule has 1 aliphatic rings. The van der Waals surface area contributed by atoms with E-state index in [4.69, 9.17) is 0 Å². The van der Waals surface area contributed by atoms with Gasteiger partial charge in [0, 0.05) is 18.6 Å². The Bertz CT molecular complexity index is 377. The van der Waals surface area contributed by atoms with Crippen molar-refractivity contribution in [2.24, 2.45) is 5.92 Å². The molecule has 1 saturated carbocycles. The summed E-state index contributed by atoms with van der Waals surface area (Å²) >= 11 is 0. The van der Waals surface area contributed by atoms with E-state index in [0.717, 1.165) is 24.7 Å². The van der Waals surface area contributed by atoms with Crippen molar-refractivity contribution in [2.75, 3.05) is 18.5 Å². The van der Waals surface area contributed by atoms with E-state index in [-0.39, 0.29) is 0 Å². The summed E-state index contributed by atoms with van der Waals surface area (Å²) in [6.07, 6.45) is 5.79. The number of aromatic nitrogens is 1. The Hall–Kier alpha value is -1.09. The third-order valence-electron chi connectivity index (χ3n) is 3.77. The third kappa shape index (κ3) is 3.69. The van der Waals surface area contributed by atoms with Crippen LogP contribution in [0.25, 0.3) is 0 Å². The highest BCUT2D eigenvalue weighted by Gasteiger charge is 2.29. The third-order valence-corrected chi connectivity index (χ3v) is 3.77. The molecule has 1 aliphatic carbocycles. The highest BCUT2D eigenvalue weighted by atomic mass is 15.2. The van der Waals surface area contributed by atoms with Crippen LogP contribution in [0.15, 0.2) is 18.3 Å². The number of nitrogens with one attached hydrogen (secondary N) is 1. The van der Waals surface area contributed by atoms with E-state index in [1.807, 2.05) is 7.05 Å². The molecule has 0 bridgehead atoms. The molecule has 106 valence electrons. The highest BCUT2D eigenvalue weighted by Crippen LogP contribution is 2.32. The molecule has 3 nitrogen and oxygen atoms in total. The van der Waals surface area contributed by atoms with Crippen LogP contribution < -0.4 is 10.2 Å². The number of rotatable bonds is 7. The van der Waals surface area contributed by atoms with Crippen molar-refractivity contribution < 1.29 is 0 Å². The summed E-state index contributed by atoms with van der Waals surface area (Å²) < 4.78 is 0. The van der Waals surface area contributed by atoms with Gasteiger partial charge in [0.25, 0.3) is 0 Å². The summed E-state index contributed by atoms with van der Waals surface area (Å²) in [5.74, 6) is 0.695. The van der Waals surface area contributed by atoms with Crippen LogP contribution >= 0.6 is 0 Å². The van der Waals surface area contributed by atoms with Crippen molar-refractivity contribution in [3.63, 3.8) is 0 Å². The molecule has 0 amide bonds. The number of hydrogen-bond donors (Lipinski definition) is 1. The maximum absolute atomic E-state index is 4.65. The largest absolute Gasteiger partial charge is 0.367 e. The molecule has 3 heteroatoms. The first-order valence-electron chi connectivity index (χ1n) is 7.55. The lowest BCUT2D eigenvalue weighted by atomic mass is 10.1. The van der Waals surface area contributed by atoms with Gasteiger partial charge >= 0.3 is 0 Å². The molecular formula is C16H27N3. The lowest BCUT2D eigenvalue weighted by Crippen LogP contribution is -2.30. The zero-order valence-corrected chi connectivity index (χ0v) is 12.7. The molecular weight excluding hydrogens is 234 g/mol. The van der Waals surface area contributed by atoms with Crippen molar-refractivity contribution in [3.05, 3.63) is 24.0 Å². The van der Waals surface area contributed by atoms with E-state index in [1.165, 1.54) is 18.5 Å². The molecule has 0 aliphatic heterocycles. The van der Waals surface area contributed by atoms with E-state index in [2.05, 4.69) is 54.3 Å². The number of nitrogens with zero attached hydrogens (tertiary/aromatic N) is 2. The Morgan fingerprint density at radius 3 is 2.53 bits per heavy atom. The smallest absolute Gasteiger partial charge is 0.0574 e. The SMILES string of the molecule is CCC(NC)c1ccc(N(CC(C)C)C2CC2)cn1. The fourth-order valence-electron chi connectivity index (χ4n) is 2.58. The van der Waals surface area contributed by atoms with Gasteiger partial charge in [-0.1, -0.05) is 20.8 Å². The molecule has 1 heterocycles. The van der Waals surface area contributed by atoms with Crippen molar-refractivity contribution >= 4 is 5.69 Å². The van der Waals surface area contributed by atoms with Crippen LogP contribution in [-0.2, 0) is 0 Å². The minimum atomic E-state index is 0.369. The van der Waals surface area contributed by atoms with Gasteiger partial charge in [-0.25, -0.2) is 0 Å². The first-order valence-corrected chi connectivity index (χ1v) is 7.55. The predicted molar refractivity (Wildman–Crippen MR) is 81.5 cm³/mol. The molecule has 1 fully saturated rings. The highest BCUT2D eigenvalue weighted by molar-refractivity contribution is 5.47. The molecule has 2 rings (SSSR count). The van der Waals surface area contributed by atoms with E-state index in [0.29, 0.717) is 12.0 Å². The van der Waals surface area contributed by atoms with Gasteiger partial charge in [0.1, 0.15) is 0 Å². The van der Waals surface area contributed by atoms with Crippen LogP contribution in [0.2, 0.25) is 0 Å². The van der Waals surface area contributed by atoms with Gasteiger partial charge in [-0.2, -0.15) is 0 Å². The molecule has 0 spiro atoms. The molecule has 1 aromatic heterocycles. The lowest BCUT2D eigenvalue weighted by Gasteiger charge is -2.26. The van der Waals surface area contributed by atoms with Crippen LogP contribution in [0.4, 0.5) is 5.69 Å². The normalized spacial score (nSPS) is 16.7. The average Bonchev–Trinajstić information content (AvgIpc) is 3.22. The number of pyridine rings is 1.